The fourth-order valence-corrected chi connectivity index (χ4v) is 2.11. The van der Waals surface area contributed by atoms with Crippen LogP contribution in [0.3, 0.4) is 0 Å². The molecule has 0 saturated carbocycles. The van der Waals surface area contributed by atoms with Crippen LogP contribution in [0.1, 0.15) is 12.0 Å². The summed E-state index contributed by atoms with van der Waals surface area (Å²) in [5.74, 6) is -0.181. The number of hydrogen-bond donors (Lipinski definition) is 1. The van der Waals surface area contributed by atoms with Gasteiger partial charge in [0.1, 0.15) is 0 Å². The van der Waals surface area contributed by atoms with Gasteiger partial charge in [-0.2, -0.15) is 8.42 Å². The van der Waals surface area contributed by atoms with Gasteiger partial charge >= 0.3 is 0 Å². The molecule has 0 saturated heterocycles. The van der Waals surface area contributed by atoms with Crippen LogP contribution in [0.2, 0.25) is 0 Å². The molecular weight excluding hydrogens is 268 g/mol. The zero-order valence-corrected chi connectivity index (χ0v) is 9.88. The Kier molecular flexibility index (Phi) is 4.10. The van der Waals surface area contributed by atoms with Crippen molar-refractivity contribution in [1.82, 2.24) is 0 Å². The number of benzene rings is 1. The highest BCUT2D eigenvalue weighted by Gasteiger charge is 2.03. The molecule has 0 radical (unpaired) electrons. The van der Waals surface area contributed by atoms with Gasteiger partial charge in [0.05, 0.1) is 5.75 Å². The highest BCUT2D eigenvalue weighted by molar-refractivity contribution is 9.10. The van der Waals surface area contributed by atoms with Crippen LogP contribution >= 0.6 is 15.9 Å². The second-order valence-electron chi connectivity index (χ2n) is 3.02. The van der Waals surface area contributed by atoms with Gasteiger partial charge in [0, 0.05) is 4.47 Å². The molecule has 0 aliphatic carbocycles. The van der Waals surface area contributed by atoms with E-state index in [-0.39, 0.29) is 5.75 Å². The quantitative estimate of drug-likeness (QED) is 0.860. The summed E-state index contributed by atoms with van der Waals surface area (Å²) in [6.07, 6.45) is 1.09. The maximum Gasteiger partial charge on any atom is 0.264 e. The van der Waals surface area contributed by atoms with Crippen molar-refractivity contribution in [1.29, 1.82) is 0 Å². The van der Waals surface area contributed by atoms with Crippen LogP contribution in [-0.4, -0.2) is 18.7 Å². The van der Waals surface area contributed by atoms with E-state index in [1.807, 2.05) is 24.3 Å². The van der Waals surface area contributed by atoms with Crippen molar-refractivity contribution < 1.29 is 13.0 Å². The van der Waals surface area contributed by atoms with Crippen molar-refractivity contribution in [2.24, 2.45) is 0 Å². The third kappa shape index (κ3) is 4.74. The lowest BCUT2D eigenvalue weighted by atomic mass is 10.1. The monoisotopic (exact) mass is 278 g/mol. The third-order valence-electron chi connectivity index (χ3n) is 1.76. The second kappa shape index (κ2) is 4.91. The Balaban J connectivity index is 2.47. The van der Waals surface area contributed by atoms with Crippen LogP contribution in [0, 0.1) is 0 Å². The fourth-order valence-electron chi connectivity index (χ4n) is 1.15. The molecule has 14 heavy (non-hydrogen) atoms. The maximum atomic E-state index is 10.4. The van der Waals surface area contributed by atoms with Gasteiger partial charge in [-0.25, -0.2) is 0 Å². The van der Waals surface area contributed by atoms with Crippen molar-refractivity contribution >= 4 is 26.0 Å². The zero-order chi connectivity index (χ0) is 10.6. The standard InChI is InChI=1S/C9H11BrO3S/c10-9-5-1-3-8(7-9)4-2-6-14(11,12)13/h1,3,5,7H,2,4,6H2,(H,11,12,13). The lowest BCUT2D eigenvalue weighted by Crippen LogP contribution is -2.04. The summed E-state index contributed by atoms with van der Waals surface area (Å²) in [7, 11) is -3.82. The number of aryl methyl sites for hydroxylation is 1. The average molecular weight is 279 g/mol. The van der Waals surface area contributed by atoms with Gasteiger partial charge in [-0.3, -0.25) is 4.55 Å². The molecule has 0 fully saturated rings. The summed E-state index contributed by atoms with van der Waals surface area (Å²) in [5.41, 5.74) is 1.06. The van der Waals surface area contributed by atoms with Crippen molar-refractivity contribution in [3.63, 3.8) is 0 Å². The van der Waals surface area contributed by atoms with Crippen LogP contribution in [0.4, 0.5) is 0 Å². The van der Waals surface area contributed by atoms with Crippen LogP contribution in [0.25, 0.3) is 0 Å². The van der Waals surface area contributed by atoms with E-state index in [1.54, 1.807) is 0 Å². The minimum Gasteiger partial charge on any atom is -0.286 e. The molecular formula is C9H11BrO3S. The molecule has 0 aliphatic heterocycles. The van der Waals surface area contributed by atoms with Crippen molar-refractivity contribution in [2.75, 3.05) is 5.75 Å². The van der Waals surface area contributed by atoms with Gasteiger partial charge in [-0.1, -0.05) is 28.1 Å². The van der Waals surface area contributed by atoms with Crippen molar-refractivity contribution in [3.8, 4) is 0 Å². The number of rotatable bonds is 4. The van der Waals surface area contributed by atoms with Gasteiger partial charge in [-0.05, 0) is 30.5 Å². The minimum atomic E-state index is -3.82. The van der Waals surface area contributed by atoms with E-state index >= 15 is 0 Å². The zero-order valence-electron chi connectivity index (χ0n) is 7.48. The Morgan fingerprint density at radius 3 is 2.64 bits per heavy atom. The molecule has 5 heteroatoms. The summed E-state index contributed by atoms with van der Waals surface area (Å²) in [5, 5.41) is 0. The van der Waals surface area contributed by atoms with E-state index in [0.717, 1.165) is 10.0 Å². The Hall–Kier alpha value is -0.390. The predicted octanol–water partition coefficient (Wildman–Crippen LogP) is 2.27. The van der Waals surface area contributed by atoms with Crippen molar-refractivity contribution in [3.05, 3.63) is 34.3 Å². The minimum absolute atomic E-state index is 0.181. The molecule has 1 aromatic rings. The van der Waals surface area contributed by atoms with E-state index in [2.05, 4.69) is 15.9 Å². The summed E-state index contributed by atoms with van der Waals surface area (Å²) in [6.45, 7) is 0. The molecule has 1 aromatic carbocycles. The summed E-state index contributed by atoms with van der Waals surface area (Å²) in [4.78, 5) is 0. The number of halogens is 1. The van der Waals surface area contributed by atoms with Gasteiger partial charge in [-0.15, -0.1) is 0 Å². The molecule has 0 spiro atoms. The lowest BCUT2D eigenvalue weighted by molar-refractivity contribution is 0.481. The predicted molar refractivity (Wildman–Crippen MR) is 58.9 cm³/mol. The Labute approximate surface area is 92.0 Å². The van der Waals surface area contributed by atoms with Gasteiger partial charge in [0.15, 0.2) is 0 Å². The molecule has 0 heterocycles. The van der Waals surface area contributed by atoms with Gasteiger partial charge in [0.2, 0.25) is 0 Å². The van der Waals surface area contributed by atoms with Crippen molar-refractivity contribution in [2.45, 2.75) is 12.8 Å². The molecule has 3 nitrogen and oxygen atoms in total. The largest absolute Gasteiger partial charge is 0.286 e. The fraction of sp³-hybridized carbons (Fsp3) is 0.333. The SMILES string of the molecule is O=S(=O)(O)CCCc1cccc(Br)c1. The topological polar surface area (TPSA) is 54.4 Å². The molecule has 0 aliphatic rings. The summed E-state index contributed by atoms with van der Waals surface area (Å²) in [6, 6.07) is 7.66. The van der Waals surface area contributed by atoms with E-state index in [1.165, 1.54) is 0 Å². The van der Waals surface area contributed by atoms with E-state index in [9.17, 15) is 8.42 Å². The maximum absolute atomic E-state index is 10.4. The first-order valence-electron chi connectivity index (χ1n) is 4.17. The Bertz CT molecular complexity index is 400. The highest BCUT2D eigenvalue weighted by atomic mass is 79.9. The first-order chi connectivity index (χ1) is 6.47. The van der Waals surface area contributed by atoms with Gasteiger partial charge in [0.25, 0.3) is 10.1 Å². The van der Waals surface area contributed by atoms with Crippen LogP contribution in [-0.2, 0) is 16.5 Å². The molecule has 0 bridgehead atoms. The molecule has 0 aromatic heterocycles. The number of hydrogen-bond acceptors (Lipinski definition) is 2. The highest BCUT2D eigenvalue weighted by Crippen LogP contribution is 2.13. The summed E-state index contributed by atoms with van der Waals surface area (Å²) >= 11 is 3.33. The third-order valence-corrected chi connectivity index (χ3v) is 3.05. The van der Waals surface area contributed by atoms with E-state index < -0.39 is 10.1 Å². The lowest BCUT2D eigenvalue weighted by Gasteiger charge is -2.00. The molecule has 78 valence electrons. The molecule has 0 unspecified atom stereocenters. The normalized spacial score (nSPS) is 11.6. The van der Waals surface area contributed by atoms with E-state index in [0.29, 0.717) is 12.8 Å². The Morgan fingerprint density at radius 1 is 1.36 bits per heavy atom. The molecule has 1 rings (SSSR count). The molecule has 0 atom stereocenters. The van der Waals surface area contributed by atoms with Crippen LogP contribution < -0.4 is 0 Å². The second-order valence-corrected chi connectivity index (χ2v) is 5.51. The van der Waals surface area contributed by atoms with E-state index in [4.69, 9.17) is 4.55 Å². The van der Waals surface area contributed by atoms with Crippen LogP contribution in [0.5, 0.6) is 0 Å². The molecule has 0 amide bonds. The average Bonchev–Trinajstić information content (AvgIpc) is 2.01. The Morgan fingerprint density at radius 2 is 2.07 bits per heavy atom. The smallest absolute Gasteiger partial charge is 0.264 e. The summed E-state index contributed by atoms with van der Waals surface area (Å²) < 4.78 is 30.4. The van der Waals surface area contributed by atoms with Crippen LogP contribution in [0.15, 0.2) is 28.7 Å². The molecule has 1 N–H and O–H groups in total. The first-order valence-corrected chi connectivity index (χ1v) is 6.57. The van der Waals surface area contributed by atoms with Gasteiger partial charge < -0.3 is 0 Å². The first kappa shape index (κ1) is 11.7.